The monoisotopic (exact) mass is 575 g/mol. The summed E-state index contributed by atoms with van der Waals surface area (Å²) in [6.07, 6.45) is 4.71. The number of allylic oxidation sites excluding steroid dienone is 1. The summed E-state index contributed by atoms with van der Waals surface area (Å²) in [6.45, 7) is 3.91. The number of anilines is 1. The van der Waals surface area contributed by atoms with Gasteiger partial charge in [-0.1, -0.05) is 31.5 Å². The van der Waals surface area contributed by atoms with Gasteiger partial charge in [0.1, 0.15) is 23.1 Å². The molecule has 14 heteroatoms. The summed E-state index contributed by atoms with van der Waals surface area (Å²) in [6, 6.07) is 0.0306. The minimum atomic E-state index is -1.43. The van der Waals surface area contributed by atoms with E-state index in [-0.39, 0.29) is 53.3 Å². The molecule has 3 aromatic heterocycles. The first-order valence-electron chi connectivity index (χ1n) is 12.5. The van der Waals surface area contributed by atoms with E-state index in [9.17, 15) is 28.7 Å². The van der Waals surface area contributed by atoms with Crippen molar-refractivity contribution >= 4 is 46.2 Å². The summed E-state index contributed by atoms with van der Waals surface area (Å²) in [7, 11) is 3.17. The molecule has 214 valence electrons. The lowest BCUT2D eigenvalue weighted by atomic mass is 10.1. The number of H-pyrrole nitrogens is 1. The number of aromatic nitrogens is 4. The number of aromatic amines is 1. The number of fused-ring (bicyclic) bond motifs is 1. The molecule has 4 N–H and O–H groups in total. The Bertz CT molecular complexity index is 1500. The molecule has 0 radical (unpaired) electrons. The number of nitrogens with one attached hydrogen (secondary N) is 3. The number of halogens is 2. The van der Waals surface area contributed by atoms with Crippen LogP contribution in [0.15, 0.2) is 35.4 Å². The zero-order chi connectivity index (χ0) is 29.6. The summed E-state index contributed by atoms with van der Waals surface area (Å²) in [5.74, 6) is -1.10. The molecule has 1 unspecified atom stereocenters. The Labute approximate surface area is 234 Å². The van der Waals surface area contributed by atoms with Crippen LogP contribution < -0.4 is 16.2 Å². The van der Waals surface area contributed by atoms with Gasteiger partial charge in [0.25, 0.3) is 5.56 Å². The predicted octanol–water partition coefficient (Wildman–Crippen LogP) is 3.16. The van der Waals surface area contributed by atoms with Crippen molar-refractivity contribution in [2.45, 2.75) is 45.7 Å². The number of pyridine rings is 2. The summed E-state index contributed by atoms with van der Waals surface area (Å²) in [5.41, 5.74) is 0.376. The van der Waals surface area contributed by atoms with Crippen molar-refractivity contribution in [2.24, 2.45) is 5.92 Å². The Kier molecular flexibility index (Phi) is 9.99. The lowest BCUT2D eigenvalue weighted by molar-refractivity contribution is -0.123. The third-order valence-electron chi connectivity index (χ3n) is 5.77. The highest BCUT2D eigenvalue weighted by Crippen LogP contribution is 2.21. The van der Waals surface area contributed by atoms with E-state index >= 15 is 0 Å². The van der Waals surface area contributed by atoms with Gasteiger partial charge in [0.05, 0.1) is 29.0 Å². The third-order valence-corrected chi connectivity index (χ3v) is 5.98. The van der Waals surface area contributed by atoms with Gasteiger partial charge in [-0.3, -0.25) is 19.4 Å². The van der Waals surface area contributed by atoms with Crippen molar-refractivity contribution in [3.63, 3.8) is 0 Å². The molecule has 0 bridgehead atoms. The minimum absolute atomic E-state index is 0.0292. The Morgan fingerprint density at radius 1 is 1.30 bits per heavy atom. The number of hydrogen-bond acceptors (Lipinski definition) is 6. The van der Waals surface area contributed by atoms with Gasteiger partial charge in [-0.05, 0) is 37.3 Å². The molecule has 40 heavy (non-hydrogen) atoms. The third kappa shape index (κ3) is 7.88. The fourth-order valence-corrected chi connectivity index (χ4v) is 4.11. The number of carbonyl (C=O) groups is 3. The largest absolute Gasteiger partial charge is 0.465 e. The molecular formula is C26H31ClFN7O5. The lowest BCUT2D eigenvalue weighted by Crippen LogP contribution is -2.44. The number of nitrogens with zero attached hydrogens (tertiary/aromatic N) is 4. The zero-order valence-corrected chi connectivity index (χ0v) is 23.3. The first kappa shape index (κ1) is 30.3. The molecular weight excluding hydrogens is 545 g/mol. The average molecular weight is 576 g/mol. The minimum Gasteiger partial charge on any atom is -0.465 e. The number of rotatable bonds is 11. The molecule has 3 rings (SSSR count). The maximum atomic E-state index is 14.4. The van der Waals surface area contributed by atoms with Gasteiger partial charge < -0.3 is 30.2 Å². The molecule has 1 atom stereocenters. The van der Waals surface area contributed by atoms with E-state index in [1.165, 1.54) is 33.9 Å². The van der Waals surface area contributed by atoms with Gasteiger partial charge in [-0.15, -0.1) is 0 Å². The number of carbonyl (C=O) groups excluding carboxylic acids is 2. The van der Waals surface area contributed by atoms with Gasteiger partial charge in [-0.2, -0.15) is 0 Å². The number of hydrogen-bond donors (Lipinski definition) is 4. The van der Waals surface area contributed by atoms with Crippen LogP contribution in [0.4, 0.5) is 14.9 Å². The van der Waals surface area contributed by atoms with Crippen molar-refractivity contribution < 1.29 is 23.9 Å². The van der Waals surface area contributed by atoms with E-state index in [1.807, 2.05) is 13.8 Å². The standard InChI is InChI=1S/C26H31ClFN7O5/c1-14(2)9-18-23-22(16(28)11-29-18)32-20(33-23)13-35-12-15(27)10-19(25(35)38)30-24(37)17(31-26(39)40)7-5-6-8-21(36)34(3)4/h6,8,10-12,14,17,31H,5,7,9,13H2,1-4H3,(H,30,37)(H,32,33)(H,39,40). The van der Waals surface area contributed by atoms with E-state index in [2.05, 4.69) is 25.6 Å². The average Bonchev–Trinajstić information content (AvgIpc) is 3.29. The quantitative estimate of drug-likeness (QED) is 0.255. The summed E-state index contributed by atoms with van der Waals surface area (Å²) in [5, 5.41) is 13.8. The summed E-state index contributed by atoms with van der Waals surface area (Å²) < 4.78 is 15.6. The van der Waals surface area contributed by atoms with Crippen molar-refractivity contribution in [2.75, 3.05) is 19.4 Å². The molecule has 0 aliphatic rings. The zero-order valence-electron chi connectivity index (χ0n) is 22.5. The van der Waals surface area contributed by atoms with Crippen LogP contribution in [-0.2, 0) is 22.6 Å². The summed E-state index contributed by atoms with van der Waals surface area (Å²) in [4.78, 5) is 61.9. The highest BCUT2D eigenvalue weighted by atomic mass is 35.5. The lowest BCUT2D eigenvalue weighted by Gasteiger charge is -2.16. The van der Waals surface area contributed by atoms with Crippen LogP contribution in [0.5, 0.6) is 0 Å². The van der Waals surface area contributed by atoms with E-state index in [0.29, 0.717) is 17.6 Å². The van der Waals surface area contributed by atoms with Gasteiger partial charge in [0, 0.05) is 20.3 Å². The smallest absolute Gasteiger partial charge is 0.405 e. The molecule has 3 aromatic rings. The molecule has 0 aromatic carbocycles. The number of carboxylic acid groups (broad SMARTS) is 1. The van der Waals surface area contributed by atoms with Crippen molar-refractivity contribution in [1.29, 1.82) is 0 Å². The van der Waals surface area contributed by atoms with Crippen LogP contribution in [0.3, 0.4) is 0 Å². The fraction of sp³-hybridized carbons (Fsp3) is 0.385. The van der Waals surface area contributed by atoms with Gasteiger partial charge in [0.15, 0.2) is 5.82 Å². The number of likely N-dealkylation sites (N-methyl/N-ethyl adjacent to an activating group) is 1. The molecule has 0 aliphatic carbocycles. The Morgan fingerprint density at radius 2 is 2.02 bits per heavy atom. The fourth-order valence-electron chi connectivity index (χ4n) is 3.88. The molecule has 0 spiro atoms. The topological polar surface area (TPSA) is 162 Å². The maximum absolute atomic E-state index is 14.4. The first-order chi connectivity index (χ1) is 18.8. The molecule has 0 aliphatic heterocycles. The Hall–Kier alpha value is -4.26. The Balaban J connectivity index is 1.82. The molecule has 12 nitrogen and oxygen atoms in total. The van der Waals surface area contributed by atoms with Gasteiger partial charge in [-0.25, -0.2) is 14.2 Å². The van der Waals surface area contributed by atoms with E-state index in [1.54, 1.807) is 14.1 Å². The summed E-state index contributed by atoms with van der Waals surface area (Å²) >= 11 is 6.21. The normalized spacial score (nSPS) is 12.2. The van der Waals surface area contributed by atoms with Crippen molar-refractivity contribution in [1.82, 2.24) is 29.7 Å². The number of imidazole rings is 1. The van der Waals surface area contributed by atoms with Crippen LogP contribution in [0, 0.1) is 11.7 Å². The molecule has 3 amide bonds. The van der Waals surface area contributed by atoms with E-state index < -0.39 is 29.4 Å². The van der Waals surface area contributed by atoms with Gasteiger partial charge in [0.2, 0.25) is 11.8 Å². The molecule has 3 heterocycles. The van der Waals surface area contributed by atoms with Gasteiger partial charge >= 0.3 is 6.09 Å². The van der Waals surface area contributed by atoms with Crippen LogP contribution in [0.2, 0.25) is 5.02 Å². The van der Waals surface area contributed by atoms with E-state index in [0.717, 1.165) is 6.20 Å². The van der Waals surface area contributed by atoms with Crippen LogP contribution in [0.25, 0.3) is 11.0 Å². The van der Waals surface area contributed by atoms with Crippen molar-refractivity contribution in [3.8, 4) is 0 Å². The maximum Gasteiger partial charge on any atom is 0.405 e. The number of amides is 3. The van der Waals surface area contributed by atoms with Crippen LogP contribution in [0.1, 0.15) is 38.2 Å². The SMILES string of the molecule is CC(C)Cc1ncc(F)c2nc(Cn3cc(Cl)cc(NC(=O)C(CCC=CC(=O)N(C)C)NC(=O)O)c3=O)[nH]c12. The Morgan fingerprint density at radius 3 is 2.67 bits per heavy atom. The molecule has 0 saturated carbocycles. The highest BCUT2D eigenvalue weighted by Gasteiger charge is 2.22. The van der Waals surface area contributed by atoms with Crippen LogP contribution in [-0.4, -0.2) is 67.6 Å². The molecule has 0 saturated heterocycles. The second-order valence-corrected chi connectivity index (χ2v) is 10.2. The van der Waals surface area contributed by atoms with Crippen LogP contribution >= 0.6 is 11.6 Å². The highest BCUT2D eigenvalue weighted by molar-refractivity contribution is 6.30. The second-order valence-electron chi connectivity index (χ2n) is 9.77. The van der Waals surface area contributed by atoms with E-state index in [4.69, 9.17) is 11.6 Å². The second kappa shape index (κ2) is 13.2. The molecule has 0 fully saturated rings. The predicted molar refractivity (Wildman–Crippen MR) is 148 cm³/mol. The van der Waals surface area contributed by atoms with Crippen molar-refractivity contribution in [3.05, 3.63) is 63.3 Å². The first-order valence-corrected chi connectivity index (χ1v) is 12.8.